The summed E-state index contributed by atoms with van der Waals surface area (Å²) >= 11 is 0. The molecule has 8 nitrogen and oxygen atoms in total. The molecule has 2 fully saturated rings. The molecule has 4 aromatic rings. The molecule has 8 heteroatoms. The minimum atomic E-state index is -0.763. The number of benzene rings is 4. The summed E-state index contributed by atoms with van der Waals surface area (Å²) in [7, 11) is 0. The van der Waals surface area contributed by atoms with E-state index in [0.717, 1.165) is 22.3 Å². The summed E-state index contributed by atoms with van der Waals surface area (Å²) in [5, 5.41) is 3.20. The van der Waals surface area contributed by atoms with Gasteiger partial charge in [-0.25, -0.2) is 0 Å². The fourth-order valence-electron chi connectivity index (χ4n) is 6.21. The summed E-state index contributed by atoms with van der Waals surface area (Å²) in [5.41, 5.74) is 4.05. The first kappa shape index (κ1) is 33.0. The van der Waals surface area contributed by atoms with E-state index in [0.29, 0.717) is 39.5 Å². The minimum Gasteiger partial charge on any atom is -0.348 e. The Kier molecular flexibility index (Phi) is 11.8. The van der Waals surface area contributed by atoms with Crippen molar-refractivity contribution in [2.24, 2.45) is 11.8 Å². The van der Waals surface area contributed by atoms with Gasteiger partial charge in [0.1, 0.15) is 0 Å². The lowest BCUT2D eigenvalue weighted by Gasteiger charge is -2.46. The number of amides is 1. The summed E-state index contributed by atoms with van der Waals surface area (Å²) in [6.07, 6.45) is -2.23. The molecule has 4 aromatic carbocycles. The molecular formula is C39H43NO7. The van der Waals surface area contributed by atoms with Crippen molar-refractivity contribution in [2.75, 3.05) is 6.61 Å². The van der Waals surface area contributed by atoms with E-state index < -0.39 is 36.7 Å². The Morgan fingerprint density at radius 3 is 1.40 bits per heavy atom. The van der Waals surface area contributed by atoms with Gasteiger partial charge in [-0.1, -0.05) is 128 Å². The first-order valence-corrected chi connectivity index (χ1v) is 16.4. The van der Waals surface area contributed by atoms with Crippen LogP contribution in [0.3, 0.4) is 0 Å². The highest BCUT2D eigenvalue weighted by Crippen LogP contribution is 2.43. The second-order valence-electron chi connectivity index (χ2n) is 11.9. The molecule has 0 aliphatic carbocycles. The zero-order valence-electron chi connectivity index (χ0n) is 26.7. The third-order valence-corrected chi connectivity index (χ3v) is 8.62. The molecule has 0 aromatic heterocycles. The SMILES string of the molecule is CCC(=O)N[C@H]1[C@H]2OC[C@@H](O2)[C@H](C(OCc2ccccc2)OCc2ccccc2)[C@H]1C(OCc1ccccc1)OCc1ccccc1. The van der Waals surface area contributed by atoms with Gasteiger partial charge in [0.2, 0.25) is 5.91 Å². The molecule has 246 valence electrons. The van der Waals surface area contributed by atoms with E-state index in [9.17, 15) is 4.79 Å². The Bertz CT molecular complexity index is 1400. The predicted molar refractivity (Wildman–Crippen MR) is 176 cm³/mol. The molecule has 2 saturated heterocycles. The summed E-state index contributed by atoms with van der Waals surface area (Å²) in [6, 6.07) is 39.4. The third-order valence-electron chi connectivity index (χ3n) is 8.62. The van der Waals surface area contributed by atoms with Crippen LogP contribution in [0.2, 0.25) is 0 Å². The van der Waals surface area contributed by atoms with E-state index in [2.05, 4.69) is 5.32 Å². The van der Waals surface area contributed by atoms with Crippen LogP contribution in [0.25, 0.3) is 0 Å². The highest BCUT2D eigenvalue weighted by Gasteiger charge is 2.57. The van der Waals surface area contributed by atoms with Crippen LogP contribution < -0.4 is 5.32 Å². The summed E-state index contributed by atoms with van der Waals surface area (Å²) in [6.45, 7) is 3.44. The molecule has 47 heavy (non-hydrogen) atoms. The smallest absolute Gasteiger partial charge is 0.220 e. The van der Waals surface area contributed by atoms with Crippen molar-refractivity contribution in [1.29, 1.82) is 0 Å². The van der Waals surface area contributed by atoms with Crippen molar-refractivity contribution < 1.29 is 33.2 Å². The summed E-state index contributed by atoms with van der Waals surface area (Å²) in [5.74, 6) is -0.978. The second-order valence-corrected chi connectivity index (χ2v) is 11.9. The van der Waals surface area contributed by atoms with Crippen LogP contribution in [0, 0.1) is 11.8 Å². The molecule has 1 N–H and O–H groups in total. The Labute approximate surface area is 276 Å². The average Bonchev–Trinajstić information content (AvgIpc) is 3.56. The number of carbonyl (C=O) groups is 1. The number of hydrogen-bond donors (Lipinski definition) is 1. The van der Waals surface area contributed by atoms with Gasteiger partial charge in [0.15, 0.2) is 18.9 Å². The van der Waals surface area contributed by atoms with E-state index in [1.807, 2.05) is 128 Å². The Balaban J connectivity index is 1.36. The molecule has 2 aliphatic heterocycles. The first-order chi connectivity index (χ1) is 23.2. The van der Waals surface area contributed by atoms with Crippen molar-refractivity contribution in [3.63, 3.8) is 0 Å². The van der Waals surface area contributed by atoms with Crippen LogP contribution >= 0.6 is 0 Å². The van der Waals surface area contributed by atoms with Gasteiger partial charge in [0.05, 0.1) is 45.2 Å². The molecule has 6 rings (SSSR count). The molecule has 0 saturated carbocycles. The third kappa shape index (κ3) is 8.93. The lowest BCUT2D eigenvalue weighted by atomic mass is 9.79. The van der Waals surface area contributed by atoms with Gasteiger partial charge in [0.25, 0.3) is 0 Å². The summed E-state index contributed by atoms with van der Waals surface area (Å²) in [4.78, 5) is 13.0. The molecule has 2 bridgehead atoms. The van der Waals surface area contributed by atoms with E-state index in [4.69, 9.17) is 28.4 Å². The van der Waals surface area contributed by atoms with Crippen molar-refractivity contribution in [2.45, 2.75) is 70.8 Å². The average molecular weight is 638 g/mol. The van der Waals surface area contributed by atoms with Crippen molar-refractivity contribution in [3.05, 3.63) is 144 Å². The van der Waals surface area contributed by atoms with Gasteiger partial charge in [-0.3, -0.25) is 4.79 Å². The zero-order valence-corrected chi connectivity index (χ0v) is 26.7. The van der Waals surface area contributed by atoms with Gasteiger partial charge in [-0.2, -0.15) is 0 Å². The number of rotatable bonds is 16. The molecule has 0 unspecified atom stereocenters. The van der Waals surface area contributed by atoms with E-state index in [1.54, 1.807) is 0 Å². The van der Waals surface area contributed by atoms with E-state index >= 15 is 0 Å². The Morgan fingerprint density at radius 1 is 0.638 bits per heavy atom. The number of hydrogen-bond acceptors (Lipinski definition) is 7. The first-order valence-electron chi connectivity index (χ1n) is 16.4. The van der Waals surface area contributed by atoms with Gasteiger partial charge in [-0.05, 0) is 22.3 Å². The van der Waals surface area contributed by atoms with Crippen LogP contribution in [-0.2, 0) is 59.6 Å². The van der Waals surface area contributed by atoms with Crippen molar-refractivity contribution in [3.8, 4) is 0 Å². The quantitative estimate of drug-likeness (QED) is 0.143. The molecule has 0 radical (unpaired) electrons. The number of carbonyl (C=O) groups excluding carboxylic acids is 1. The number of nitrogens with one attached hydrogen (secondary N) is 1. The van der Waals surface area contributed by atoms with Crippen LogP contribution in [0.1, 0.15) is 35.6 Å². The zero-order chi connectivity index (χ0) is 32.3. The van der Waals surface area contributed by atoms with Gasteiger partial charge in [0, 0.05) is 18.3 Å². The monoisotopic (exact) mass is 637 g/mol. The Morgan fingerprint density at radius 2 is 1.02 bits per heavy atom. The topological polar surface area (TPSA) is 84.5 Å². The molecule has 0 spiro atoms. The molecule has 2 heterocycles. The standard InChI is InChI=1S/C39H43NO7/c1-2-33(41)40-36-35(38(44-25-30-19-11-5-12-20-30)45-26-31-21-13-6-14-22-31)34(32-27-46-39(36)47-32)37(42-23-28-15-7-3-8-16-28)43-24-29-17-9-4-10-18-29/h3-22,32,34-39H,2,23-27H2,1H3,(H,40,41)/t32-,34+,35-,36-,39+/m1/s1. The lowest BCUT2D eigenvalue weighted by Crippen LogP contribution is -2.62. The van der Waals surface area contributed by atoms with Crippen LogP contribution in [0.15, 0.2) is 121 Å². The highest BCUT2D eigenvalue weighted by atomic mass is 16.7. The van der Waals surface area contributed by atoms with E-state index in [-0.39, 0.29) is 12.0 Å². The van der Waals surface area contributed by atoms with Crippen LogP contribution in [-0.4, -0.2) is 43.5 Å². The minimum absolute atomic E-state index is 0.117. The van der Waals surface area contributed by atoms with Crippen LogP contribution in [0.5, 0.6) is 0 Å². The normalized spacial score (nSPS) is 22.1. The van der Waals surface area contributed by atoms with Crippen molar-refractivity contribution >= 4 is 5.91 Å². The largest absolute Gasteiger partial charge is 0.348 e. The maximum absolute atomic E-state index is 13.0. The van der Waals surface area contributed by atoms with Gasteiger partial charge >= 0.3 is 0 Å². The molecular weight excluding hydrogens is 594 g/mol. The van der Waals surface area contributed by atoms with Crippen LogP contribution in [0.4, 0.5) is 0 Å². The van der Waals surface area contributed by atoms with Crippen molar-refractivity contribution in [1.82, 2.24) is 5.32 Å². The number of fused-ring (bicyclic) bond motifs is 2. The fourth-order valence-corrected chi connectivity index (χ4v) is 6.21. The van der Waals surface area contributed by atoms with E-state index in [1.165, 1.54) is 0 Å². The molecule has 5 atom stereocenters. The predicted octanol–water partition coefficient (Wildman–Crippen LogP) is 6.39. The lowest BCUT2D eigenvalue weighted by molar-refractivity contribution is -0.288. The molecule has 2 aliphatic rings. The number of ether oxygens (including phenoxy) is 6. The fraction of sp³-hybridized carbons (Fsp3) is 0.359. The highest BCUT2D eigenvalue weighted by molar-refractivity contribution is 5.76. The maximum Gasteiger partial charge on any atom is 0.220 e. The molecule has 1 amide bonds. The van der Waals surface area contributed by atoms with Gasteiger partial charge in [-0.15, -0.1) is 0 Å². The summed E-state index contributed by atoms with van der Waals surface area (Å²) < 4.78 is 39.3. The maximum atomic E-state index is 13.0. The van der Waals surface area contributed by atoms with Gasteiger partial charge < -0.3 is 33.7 Å². The second kappa shape index (κ2) is 16.8. The Hall–Kier alpha value is -3.89.